The summed E-state index contributed by atoms with van der Waals surface area (Å²) in [6.07, 6.45) is 0. The summed E-state index contributed by atoms with van der Waals surface area (Å²) in [5, 5.41) is 3.50. The maximum absolute atomic E-state index is 12.3. The number of hydrogen-bond acceptors (Lipinski definition) is 3. The molecule has 2 N–H and O–H groups in total. The van der Waals surface area contributed by atoms with Crippen molar-refractivity contribution in [3.05, 3.63) is 64.7 Å². The molecule has 0 aliphatic heterocycles. The van der Waals surface area contributed by atoms with Crippen molar-refractivity contribution < 1.29 is 13.2 Å². The van der Waals surface area contributed by atoms with Crippen LogP contribution < -0.4 is 10.0 Å². The lowest BCUT2D eigenvalue weighted by Crippen LogP contribution is -2.27. The van der Waals surface area contributed by atoms with E-state index in [-0.39, 0.29) is 16.8 Å². The van der Waals surface area contributed by atoms with Gasteiger partial charge in [0.15, 0.2) is 0 Å². The fourth-order valence-corrected chi connectivity index (χ4v) is 3.34. The van der Waals surface area contributed by atoms with Gasteiger partial charge in [0, 0.05) is 17.1 Å². The molecule has 1 atom stereocenters. The summed E-state index contributed by atoms with van der Waals surface area (Å²) in [4.78, 5) is 12.4. The second-order valence-electron chi connectivity index (χ2n) is 5.27. The van der Waals surface area contributed by atoms with Crippen LogP contribution in [0.5, 0.6) is 0 Å². The number of carbonyl (C=O) groups is 1. The predicted molar refractivity (Wildman–Crippen MR) is 94.6 cm³/mol. The molecule has 0 bridgehead atoms. The molecule has 2 aromatic rings. The highest BCUT2D eigenvalue weighted by atomic mass is 35.5. The molecule has 1 amide bonds. The molecule has 5 nitrogen and oxygen atoms in total. The molecule has 0 aliphatic carbocycles. The number of nitrogens with one attached hydrogen (secondary N) is 2. The van der Waals surface area contributed by atoms with Gasteiger partial charge in [0.25, 0.3) is 5.91 Å². The summed E-state index contributed by atoms with van der Waals surface area (Å²) in [5.41, 5.74) is 1.32. The molecule has 0 unspecified atom stereocenters. The minimum absolute atomic E-state index is 0.131. The van der Waals surface area contributed by atoms with E-state index >= 15 is 0 Å². The summed E-state index contributed by atoms with van der Waals surface area (Å²) < 4.78 is 26.2. The largest absolute Gasteiger partial charge is 0.346 e. The number of rotatable bonds is 6. The van der Waals surface area contributed by atoms with E-state index in [1.807, 2.05) is 19.1 Å². The van der Waals surface area contributed by atoms with Gasteiger partial charge in [-0.15, -0.1) is 0 Å². The smallest absolute Gasteiger partial charge is 0.251 e. The van der Waals surface area contributed by atoms with E-state index in [1.54, 1.807) is 19.1 Å². The van der Waals surface area contributed by atoms with E-state index in [2.05, 4.69) is 10.0 Å². The van der Waals surface area contributed by atoms with Crippen molar-refractivity contribution in [2.75, 3.05) is 6.54 Å². The van der Waals surface area contributed by atoms with E-state index in [1.165, 1.54) is 24.3 Å². The van der Waals surface area contributed by atoms with Gasteiger partial charge >= 0.3 is 0 Å². The number of benzene rings is 2. The van der Waals surface area contributed by atoms with Gasteiger partial charge in [0.05, 0.1) is 10.9 Å². The first-order chi connectivity index (χ1) is 11.3. The first-order valence-corrected chi connectivity index (χ1v) is 9.35. The van der Waals surface area contributed by atoms with Crippen molar-refractivity contribution in [1.82, 2.24) is 10.0 Å². The Kier molecular flexibility index (Phi) is 5.99. The van der Waals surface area contributed by atoms with Crippen molar-refractivity contribution in [1.29, 1.82) is 0 Å². The highest BCUT2D eigenvalue weighted by molar-refractivity contribution is 7.89. The zero-order valence-electron chi connectivity index (χ0n) is 13.4. The SMILES string of the molecule is CCNS(=O)(=O)c1ccc(C(=O)N[C@@H](C)c2ccc(Cl)cc2)cc1. The summed E-state index contributed by atoms with van der Waals surface area (Å²) in [6.45, 7) is 3.88. The van der Waals surface area contributed by atoms with Crippen LogP contribution in [0.1, 0.15) is 35.8 Å². The van der Waals surface area contributed by atoms with Crippen LogP contribution in [0.3, 0.4) is 0 Å². The molecule has 0 aromatic heterocycles. The normalized spacial score (nSPS) is 12.6. The minimum Gasteiger partial charge on any atom is -0.346 e. The predicted octanol–water partition coefficient (Wildman–Crippen LogP) is 3.13. The van der Waals surface area contributed by atoms with Gasteiger partial charge in [-0.3, -0.25) is 4.79 Å². The number of carbonyl (C=O) groups excluding carboxylic acids is 1. The van der Waals surface area contributed by atoms with Gasteiger partial charge < -0.3 is 5.32 Å². The topological polar surface area (TPSA) is 75.3 Å². The molecule has 24 heavy (non-hydrogen) atoms. The van der Waals surface area contributed by atoms with Crippen LogP contribution in [0.4, 0.5) is 0 Å². The van der Waals surface area contributed by atoms with E-state index in [9.17, 15) is 13.2 Å². The Bertz CT molecular complexity index is 803. The van der Waals surface area contributed by atoms with Crippen molar-refractivity contribution in [2.24, 2.45) is 0 Å². The van der Waals surface area contributed by atoms with Gasteiger partial charge in [-0.2, -0.15) is 0 Å². The van der Waals surface area contributed by atoms with Gasteiger partial charge in [0.1, 0.15) is 0 Å². The van der Waals surface area contributed by atoms with Gasteiger partial charge in [0.2, 0.25) is 10.0 Å². The van der Waals surface area contributed by atoms with Crippen LogP contribution in [-0.4, -0.2) is 20.9 Å². The lowest BCUT2D eigenvalue weighted by atomic mass is 10.1. The van der Waals surface area contributed by atoms with Crippen LogP contribution in [0.2, 0.25) is 5.02 Å². The quantitative estimate of drug-likeness (QED) is 0.824. The molecule has 2 aromatic carbocycles. The number of hydrogen-bond donors (Lipinski definition) is 2. The number of amides is 1. The molecule has 0 radical (unpaired) electrons. The van der Waals surface area contributed by atoms with Crippen LogP contribution in [-0.2, 0) is 10.0 Å². The molecule has 0 heterocycles. The molecule has 0 aliphatic rings. The Labute approximate surface area is 147 Å². The third-order valence-electron chi connectivity index (χ3n) is 3.48. The monoisotopic (exact) mass is 366 g/mol. The second kappa shape index (κ2) is 7.79. The highest BCUT2D eigenvalue weighted by Crippen LogP contribution is 2.17. The Morgan fingerprint density at radius 3 is 2.21 bits per heavy atom. The van der Waals surface area contributed by atoms with Gasteiger partial charge in [-0.05, 0) is 48.9 Å². The van der Waals surface area contributed by atoms with E-state index < -0.39 is 10.0 Å². The van der Waals surface area contributed by atoms with Crippen molar-refractivity contribution >= 4 is 27.5 Å². The third-order valence-corrected chi connectivity index (χ3v) is 5.29. The number of sulfonamides is 1. The maximum atomic E-state index is 12.3. The maximum Gasteiger partial charge on any atom is 0.251 e. The standard InChI is InChI=1S/C17H19ClN2O3S/c1-3-19-24(22,23)16-10-6-14(7-11-16)17(21)20-12(2)13-4-8-15(18)9-5-13/h4-12,19H,3H2,1-2H3,(H,20,21)/t12-/m0/s1. The Hall–Kier alpha value is -1.89. The van der Waals surface area contributed by atoms with Gasteiger partial charge in [-0.25, -0.2) is 13.1 Å². The van der Waals surface area contributed by atoms with E-state index in [0.29, 0.717) is 17.1 Å². The molecule has 0 saturated carbocycles. The molecule has 2 rings (SSSR count). The highest BCUT2D eigenvalue weighted by Gasteiger charge is 2.15. The second-order valence-corrected chi connectivity index (χ2v) is 7.48. The average molecular weight is 367 g/mol. The van der Waals surface area contributed by atoms with Crippen LogP contribution in [0.15, 0.2) is 53.4 Å². The van der Waals surface area contributed by atoms with E-state index in [0.717, 1.165) is 5.56 Å². The Morgan fingerprint density at radius 2 is 1.67 bits per heavy atom. The summed E-state index contributed by atoms with van der Waals surface area (Å²) >= 11 is 5.85. The van der Waals surface area contributed by atoms with Gasteiger partial charge in [-0.1, -0.05) is 30.7 Å². The molecule has 7 heteroatoms. The third kappa shape index (κ3) is 4.56. The fourth-order valence-electron chi connectivity index (χ4n) is 2.17. The minimum atomic E-state index is -3.52. The number of halogens is 1. The van der Waals surface area contributed by atoms with Crippen LogP contribution in [0.25, 0.3) is 0 Å². The Morgan fingerprint density at radius 1 is 1.08 bits per heavy atom. The molecular formula is C17H19ClN2O3S. The molecule has 0 fully saturated rings. The summed E-state index contributed by atoms with van der Waals surface area (Å²) in [5.74, 6) is -0.273. The van der Waals surface area contributed by atoms with Crippen LogP contribution >= 0.6 is 11.6 Å². The molecular weight excluding hydrogens is 348 g/mol. The summed E-state index contributed by atoms with van der Waals surface area (Å²) in [6, 6.07) is 12.8. The molecule has 0 spiro atoms. The molecule has 0 saturated heterocycles. The summed E-state index contributed by atoms with van der Waals surface area (Å²) in [7, 11) is -3.52. The lowest BCUT2D eigenvalue weighted by Gasteiger charge is -2.14. The Balaban J connectivity index is 2.09. The zero-order valence-corrected chi connectivity index (χ0v) is 15.0. The fraction of sp³-hybridized carbons (Fsp3) is 0.235. The first-order valence-electron chi connectivity index (χ1n) is 7.49. The van der Waals surface area contributed by atoms with E-state index in [4.69, 9.17) is 11.6 Å². The van der Waals surface area contributed by atoms with Crippen molar-refractivity contribution in [3.63, 3.8) is 0 Å². The first kappa shape index (κ1) is 18.4. The lowest BCUT2D eigenvalue weighted by molar-refractivity contribution is 0.0940. The zero-order chi connectivity index (χ0) is 17.7. The molecule has 128 valence electrons. The van der Waals surface area contributed by atoms with Crippen molar-refractivity contribution in [3.8, 4) is 0 Å². The van der Waals surface area contributed by atoms with Crippen LogP contribution in [0, 0.1) is 0 Å². The average Bonchev–Trinajstić information content (AvgIpc) is 2.55. The van der Waals surface area contributed by atoms with Crippen molar-refractivity contribution in [2.45, 2.75) is 24.8 Å².